The van der Waals surface area contributed by atoms with Crippen molar-refractivity contribution in [2.75, 3.05) is 18.4 Å². The fourth-order valence-corrected chi connectivity index (χ4v) is 2.63. The summed E-state index contributed by atoms with van der Waals surface area (Å²) in [5, 5.41) is 3.37. The van der Waals surface area contributed by atoms with Gasteiger partial charge in [-0.25, -0.2) is 9.97 Å². The standard InChI is InChI=1S/C15H24N4O/c1-10(2)14(20)19-7-5-6-13(9-19)18-15-16-11(3)8-12(4)17-15/h8,10,13H,5-7,9H2,1-4H3,(H,16,17,18)/t13-/m1/s1. The number of likely N-dealkylation sites (tertiary alicyclic amines) is 1. The van der Waals surface area contributed by atoms with E-state index in [-0.39, 0.29) is 17.9 Å². The van der Waals surface area contributed by atoms with Gasteiger partial charge >= 0.3 is 0 Å². The lowest BCUT2D eigenvalue weighted by atomic mass is 10.0. The minimum atomic E-state index is 0.0613. The fraction of sp³-hybridized carbons (Fsp3) is 0.667. The maximum Gasteiger partial charge on any atom is 0.225 e. The maximum atomic E-state index is 12.1. The molecule has 0 aliphatic carbocycles. The van der Waals surface area contributed by atoms with Crippen LogP contribution in [0.5, 0.6) is 0 Å². The molecule has 1 saturated heterocycles. The number of amides is 1. The highest BCUT2D eigenvalue weighted by Crippen LogP contribution is 2.16. The van der Waals surface area contributed by atoms with E-state index in [2.05, 4.69) is 15.3 Å². The van der Waals surface area contributed by atoms with E-state index < -0.39 is 0 Å². The second-order valence-electron chi connectivity index (χ2n) is 5.90. The normalized spacial score (nSPS) is 19.2. The number of hydrogen-bond acceptors (Lipinski definition) is 4. The third-order valence-corrected chi connectivity index (χ3v) is 3.54. The topological polar surface area (TPSA) is 58.1 Å². The summed E-state index contributed by atoms with van der Waals surface area (Å²) in [6.07, 6.45) is 2.08. The Kier molecular flexibility index (Phi) is 4.57. The molecule has 2 rings (SSSR count). The average molecular weight is 276 g/mol. The highest BCUT2D eigenvalue weighted by molar-refractivity contribution is 5.78. The van der Waals surface area contributed by atoms with Crippen molar-refractivity contribution in [3.63, 3.8) is 0 Å². The summed E-state index contributed by atoms with van der Waals surface area (Å²) in [5.41, 5.74) is 1.93. The number of piperidine rings is 1. The average Bonchev–Trinajstić information content (AvgIpc) is 2.36. The lowest BCUT2D eigenvalue weighted by Gasteiger charge is -2.34. The van der Waals surface area contributed by atoms with Crippen molar-refractivity contribution in [3.8, 4) is 0 Å². The lowest BCUT2D eigenvalue weighted by Crippen LogP contribution is -2.46. The molecule has 0 saturated carbocycles. The van der Waals surface area contributed by atoms with Crippen molar-refractivity contribution in [2.45, 2.75) is 46.6 Å². The Balaban J connectivity index is 2.00. The predicted molar refractivity (Wildman–Crippen MR) is 79.6 cm³/mol. The van der Waals surface area contributed by atoms with Gasteiger partial charge in [0.15, 0.2) is 0 Å². The summed E-state index contributed by atoms with van der Waals surface area (Å²) in [4.78, 5) is 22.8. The first-order chi connectivity index (χ1) is 9.45. The number of carbonyl (C=O) groups is 1. The number of carbonyl (C=O) groups excluding carboxylic acids is 1. The molecule has 1 amide bonds. The molecule has 0 unspecified atom stereocenters. The summed E-state index contributed by atoms with van der Waals surface area (Å²) in [6.45, 7) is 9.44. The van der Waals surface area contributed by atoms with Crippen molar-refractivity contribution in [3.05, 3.63) is 17.5 Å². The molecule has 5 heteroatoms. The van der Waals surface area contributed by atoms with Gasteiger partial charge in [-0.2, -0.15) is 0 Å². The molecule has 1 aromatic rings. The molecule has 110 valence electrons. The molecule has 5 nitrogen and oxygen atoms in total. The van der Waals surface area contributed by atoms with Gasteiger partial charge in [0.1, 0.15) is 0 Å². The van der Waals surface area contributed by atoms with Gasteiger partial charge in [-0.15, -0.1) is 0 Å². The smallest absolute Gasteiger partial charge is 0.225 e. The Bertz CT molecular complexity index is 467. The quantitative estimate of drug-likeness (QED) is 0.919. The number of hydrogen-bond donors (Lipinski definition) is 1. The number of aromatic nitrogens is 2. The van der Waals surface area contributed by atoms with Crippen LogP contribution in [0.3, 0.4) is 0 Å². The number of aryl methyl sites for hydroxylation is 2. The zero-order valence-electron chi connectivity index (χ0n) is 12.8. The van der Waals surface area contributed by atoms with Crippen LogP contribution in [0.25, 0.3) is 0 Å². The Morgan fingerprint density at radius 1 is 1.35 bits per heavy atom. The van der Waals surface area contributed by atoms with Gasteiger partial charge in [-0.05, 0) is 32.8 Å². The van der Waals surface area contributed by atoms with Crippen LogP contribution in [-0.4, -0.2) is 39.9 Å². The summed E-state index contributed by atoms with van der Waals surface area (Å²) in [5.74, 6) is 0.968. The van der Waals surface area contributed by atoms with Gasteiger partial charge in [0.2, 0.25) is 11.9 Å². The van der Waals surface area contributed by atoms with Crippen molar-refractivity contribution in [1.29, 1.82) is 0 Å². The monoisotopic (exact) mass is 276 g/mol. The molecule has 1 aliphatic heterocycles. The molecule has 1 N–H and O–H groups in total. The fourth-order valence-electron chi connectivity index (χ4n) is 2.63. The zero-order chi connectivity index (χ0) is 14.7. The number of nitrogens with one attached hydrogen (secondary N) is 1. The molecule has 20 heavy (non-hydrogen) atoms. The molecular formula is C15H24N4O. The minimum Gasteiger partial charge on any atom is -0.350 e. The third kappa shape index (κ3) is 3.68. The van der Waals surface area contributed by atoms with Crippen molar-refractivity contribution in [2.24, 2.45) is 5.92 Å². The summed E-state index contributed by atoms with van der Waals surface area (Å²) >= 11 is 0. The Hall–Kier alpha value is -1.65. The predicted octanol–water partition coefficient (Wildman–Crippen LogP) is 2.15. The highest BCUT2D eigenvalue weighted by atomic mass is 16.2. The van der Waals surface area contributed by atoms with E-state index in [1.807, 2.05) is 38.7 Å². The van der Waals surface area contributed by atoms with E-state index >= 15 is 0 Å². The number of nitrogens with zero attached hydrogens (tertiary/aromatic N) is 3. The summed E-state index contributed by atoms with van der Waals surface area (Å²) in [6, 6.07) is 2.20. The van der Waals surface area contributed by atoms with Crippen molar-refractivity contribution >= 4 is 11.9 Å². The van der Waals surface area contributed by atoms with Crippen LogP contribution >= 0.6 is 0 Å². The van der Waals surface area contributed by atoms with Crippen LogP contribution in [0.1, 0.15) is 38.1 Å². The Labute approximate surface area is 120 Å². The van der Waals surface area contributed by atoms with Crippen LogP contribution < -0.4 is 5.32 Å². The first-order valence-corrected chi connectivity index (χ1v) is 7.33. The molecule has 0 aromatic carbocycles. The van der Waals surface area contributed by atoms with E-state index in [9.17, 15) is 4.79 Å². The molecule has 1 fully saturated rings. The largest absolute Gasteiger partial charge is 0.350 e. The number of anilines is 1. The van der Waals surface area contributed by atoms with Crippen LogP contribution in [0.2, 0.25) is 0 Å². The molecule has 1 aromatic heterocycles. The molecule has 0 spiro atoms. The second kappa shape index (κ2) is 6.20. The second-order valence-corrected chi connectivity index (χ2v) is 5.90. The van der Waals surface area contributed by atoms with Gasteiger partial charge in [0, 0.05) is 36.4 Å². The van der Waals surface area contributed by atoms with Crippen LogP contribution in [-0.2, 0) is 4.79 Å². The van der Waals surface area contributed by atoms with Crippen LogP contribution in [0, 0.1) is 19.8 Å². The minimum absolute atomic E-state index is 0.0613. The van der Waals surface area contributed by atoms with E-state index in [1.165, 1.54) is 0 Å². The molecule has 0 radical (unpaired) electrons. The van der Waals surface area contributed by atoms with Gasteiger partial charge in [-0.1, -0.05) is 13.8 Å². The molecule has 1 atom stereocenters. The lowest BCUT2D eigenvalue weighted by molar-refractivity contribution is -0.135. The van der Waals surface area contributed by atoms with Crippen molar-refractivity contribution < 1.29 is 4.79 Å². The maximum absolute atomic E-state index is 12.1. The molecular weight excluding hydrogens is 252 g/mol. The van der Waals surface area contributed by atoms with Crippen molar-refractivity contribution in [1.82, 2.24) is 14.9 Å². The van der Waals surface area contributed by atoms with E-state index in [4.69, 9.17) is 0 Å². The summed E-state index contributed by atoms with van der Waals surface area (Å²) < 4.78 is 0. The Morgan fingerprint density at radius 3 is 2.60 bits per heavy atom. The first kappa shape index (κ1) is 14.8. The summed E-state index contributed by atoms with van der Waals surface area (Å²) in [7, 11) is 0. The van der Waals surface area contributed by atoms with E-state index in [0.29, 0.717) is 5.95 Å². The van der Waals surface area contributed by atoms with E-state index in [0.717, 1.165) is 37.3 Å². The van der Waals surface area contributed by atoms with Gasteiger partial charge in [0.25, 0.3) is 0 Å². The van der Waals surface area contributed by atoms with Crippen LogP contribution in [0.15, 0.2) is 6.07 Å². The van der Waals surface area contributed by atoms with E-state index in [1.54, 1.807) is 0 Å². The highest BCUT2D eigenvalue weighted by Gasteiger charge is 2.25. The Morgan fingerprint density at radius 2 is 2.00 bits per heavy atom. The first-order valence-electron chi connectivity index (χ1n) is 7.33. The third-order valence-electron chi connectivity index (χ3n) is 3.54. The molecule has 0 bridgehead atoms. The van der Waals surface area contributed by atoms with Gasteiger partial charge in [-0.3, -0.25) is 4.79 Å². The number of rotatable bonds is 3. The van der Waals surface area contributed by atoms with Crippen LogP contribution in [0.4, 0.5) is 5.95 Å². The zero-order valence-corrected chi connectivity index (χ0v) is 12.8. The van der Waals surface area contributed by atoms with Gasteiger partial charge < -0.3 is 10.2 Å². The van der Waals surface area contributed by atoms with Gasteiger partial charge in [0.05, 0.1) is 0 Å². The molecule has 2 heterocycles. The SMILES string of the molecule is Cc1cc(C)nc(N[C@@H]2CCCN(C(=O)C(C)C)C2)n1. The molecule has 1 aliphatic rings.